The number of epoxide rings is 1. The average Bonchev–Trinajstić information content (AvgIpc) is 3.11. The lowest BCUT2D eigenvalue weighted by molar-refractivity contribution is 0.400. The van der Waals surface area contributed by atoms with E-state index < -0.39 is 11.6 Å². The number of halogens is 2. The molecule has 4 atom stereocenters. The van der Waals surface area contributed by atoms with E-state index in [0.717, 1.165) is 24.8 Å². The Labute approximate surface area is 123 Å². The second kappa shape index (κ2) is 4.77. The second-order valence-corrected chi connectivity index (χ2v) is 6.29. The summed E-state index contributed by atoms with van der Waals surface area (Å²) in [5.74, 6) is -0.0679. The number of hydrogen-bond acceptors (Lipinski definition) is 1. The van der Waals surface area contributed by atoms with E-state index in [2.05, 4.69) is 12.7 Å². The highest BCUT2D eigenvalue weighted by Gasteiger charge is 2.41. The van der Waals surface area contributed by atoms with Gasteiger partial charge in [0.1, 0.15) is 6.10 Å². The van der Waals surface area contributed by atoms with Crippen molar-refractivity contribution >= 4 is 5.57 Å². The van der Waals surface area contributed by atoms with E-state index in [1.165, 1.54) is 0 Å². The molecular formula is C18H18F2O. The lowest BCUT2D eigenvalue weighted by Gasteiger charge is -2.18. The van der Waals surface area contributed by atoms with E-state index in [4.69, 9.17) is 4.74 Å². The van der Waals surface area contributed by atoms with Gasteiger partial charge in [0.05, 0.1) is 6.61 Å². The SMILES string of the molecule is C=CC1CCC2C(c3ccc(C4CO4)c(F)c3F)=CCC12. The van der Waals surface area contributed by atoms with Crippen LogP contribution in [-0.2, 0) is 4.74 Å². The molecule has 0 amide bonds. The molecule has 1 aromatic rings. The molecule has 3 heteroatoms. The molecule has 0 bridgehead atoms. The number of fused-ring (bicyclic) bond motifs is 1. The lowest BCUT2D eigenvalue weighted by Crippen LogP contribution is -2.10. The normalized spacial score (nSPS) is 33.7. The topological polar surface area (TPSA) is 12.5 Å². The molecule has 110 valence electrons. The van der Waals surface area contributed by atoms with Crippen LogP contribution in [0.5, 0.6) is 0 Å². The lowest BCUT2D eigenvalue weighted by atomic mass is 9.86. The molecule has 3 aliphatic rings. The first-order chi connectivity index (χ1) is 10.2. The highest BCUT2D eigenvalue weighted by molar-refractivity contribution is 5.71. The summed E-state index contributed by atoms with van der Waals surface area (Å²) in [5, 5.41) is 0. The highest BCUT2D eigenvalue weighted by atomic mass is 19.2. The quantitative estimate of drug-likeness (QED) is 0.582. The molecule has 21 heavy (non-hydrogen) atoms. The van der Waals surface area contributed by atoms with Crippen molar-refractivity contribution in [1.29, 1.82) is 0 Å². The molecule has 0 radical (unpaired) electrons. The highest BCUT2D eigenvalue weighted by Crippen LogP contribution is 2.52. The molecular weight excluding hydrogens is 270 g/mol. The van der Waals surface area contributed by atoms with Crippen LogP contribution in [0.3, 0.4) is 0 Å². The molecule has 2 aliphatic carbocycles. The van der Waals surface area contributed by atoms with Crippen LogP contribution in [0, 0.1) is 29.4 Å². The Bertz CT molecular complexity index is 630. The summed E-state index contributed by atoms with van der Waals surface area (Å²) in [7, 11) is 0. The largest absolute Gasteiger partial charge is 0.368 e. The first-order valence-corrected chi connectivity index (χ1v) is 7.63. The van der Waals surface area contributed by atoms with E-state index in [1.807, 2.05) is 6.08 Å². The molecule has 0 spiro atoms. The fraction of sp³-hybridized carbons (Fsp3) is 0.444. The van der Waals surface area contributed by atoms with E-state index in [0.29, 0.717) is 35.5 Å². The van der Waals surface area contributed by atoms with Gasteiger partial charge in [0.25, 0.3) is 0 Å². The van der Waals surface area contributed by atoms with Crippen LogP contribution in [0.2, 0.25) is 0 Å². The van der Waals surface area contributed by atoms with Crippen molar-refractivity contribution in [2.75, 3.05) is 6.61 Å². The summed E-state index contributed by atoms with van der Waals surface area (Å²) < 4.78 is 33.7. The summed E-state index contributed by atoms with van der Waals surface area (Å²) in [5.41, 5.74) is 1.78. The molecule has 1 aliphatic heterocycles. The minimum Gasteiger partial charge on any atom is -0.368 e. The summed E-state index contributed by atoms with van der Waals surface area (Å²) in [6.45, 7) is 4.39. The van der Waals surface area contributed by atoms with E-state index >= 15 is 0 Å². The zero-order chi connectivity index (χ0) is 14.6. The van der Waals surface area contributed by atoms with Gasteiger partial charge in [0.15, 0.2) is 11.6 Å². The zero-order valence-electron chi connectivity index (χ0n) is 11.8. The predicted molar refractivity (Wildman–Crippen MR) is 77.5 cm³/mol. The van der Waals surface area contributed by atoms with Crippen molar-refractivity contribution in [2.45, 2.75) is 25.4 Å². The van der Waals surface area contributed by atoms with Crippen LogP contribution in [0.25, 0.3) is 5.57 Å². The zero-order valence-corrected chi connectivity index (χ0v) is 11.8. The number of benzene rings is 1. The summed E-state index contributed by atoms with van der Waals surface area (Å²) in [6, 6.07) is 3.41. The number of allylic oxidation sites excluding steroid dienone is 3. The molecule has 1 heterocycles. The Hall–Kier alpha value is -1.48. The first-order valence-electron chi connectivity index (χ1n) is 7.63. The van der Waals surface area contributed by atoms with Gasteiger partial charge < -0.3 is 4.74 Å². The molecule has 2 fully saturated rings. The van der Waals surface area contributed by atoms with Crippen LogP contribution in [0.4, 0.5) is 8.78 Å². The predicted octanol–water partition coefficient (Wildman–Crippen LogP) is 4.65. The van der Waals surface area contributed by atoms with Crippen molar-refractivity contribution in [3.8, 4) is 0 Å². The fourth-order valence-electron chi connectivity index (χ4n) is 4.10. The molecule has 4 rings (SSSR count). The van der Waals surface area contributed by atoms with Gasteiger partial charge in [-0.05, 0) is 42.6 Å². The molecule has 0 N–H and O–H groups in total. The van der Waals surface area contributed by atoms with Gasteiger partial charge in [-0.1, -0.05) is 24.3 Å². The molecule has 1 saturated heterocycles. The summed E-state index contributed by atoms with van der Waals surface area (Å²) in [6.07, 6.45) is 6.96. The maximum Gasteiger partial charge on any atom is 0.166 e. The molecule has 4 unspecified atom stereocenters. The Morgan fingerprint density at radius 3 is 2.71 bits per heavy atom. The smallest absolute Gasteiger partial charge is 0.166 e. The number of hydrogen-bond donors (Lipinski definition) is 0. The number of rotatable bonds is 3. The van der Waals surface area contributed by atoms with E-state index in [9.17, 15) is 8.78 Å². The number of ether oxygens (including phenoxy) is 1. The second-order valence-electron chi connectivity index (χ2n) is 6.29. The van der Waals surface area contributed by atoms with Gasteiger partial charge in [-0.2, -0.15) is 0 Å². The Balaban J connectivity index is 1.68. The van der Waals surface area contributed by atoms with Crippen molar-refractivity contribution in [3.63, 3.8) is 0 Å². The average molecular weight is 288 g/mol. The van der Waals surface area contributed by atoms with E-state index in [1.54, 1.807) is 12.1 Å². The van der Waals surface area contributed by atoms with Crippen LogP contribution < -0.4 is 0 Å². The van der Waals surface area contributed by atoms with Crippen LogP contribution in [-0.4, -0.2) is 6.61 Å². The third-order valence-electron chi connectivity index (χ3n) is 5.29. The molecule has 1 aromatic carbocycles. The van der Waals surface area contributed by atoms with Crippen molar-refractivity contribution in [1.82, 2.24) is 0 Å². The van der Waals surface area contributed by atoms with Gasteiger partial charge in [0.2, 0.25) is 0 Å². The fourth-order valence-corrected chi connectivity index (χ4v) is 4.10. The molecule has 1 nitrogen and oxygen atoms in total. The Morgan fingerprint density at radius 1 is 1.19 bits per heavy atom. The molecule has 1 saturated carbocycles. The minimum atomic E-state index is -0.738. The third kappa shape index (κ3) is 1.98. The van der Waals surface area contributed by atoms with Crippen LogP contribution in [0.15, 0.2) is 30.9 Å². The third-order valence-corrected chi connectivity index (χ3v) is 5.29. The van der Waals surface area contributed by atoms with Gasteiger partial charge in [-0.25, -0.2) is 8.78 Å². The minimum absolute atomic E-state index is 0.254. The summed E-state index contributed by atoms with van der Waals surface area (Å²) >= 11 is 0. The monoisotopic (exact) mass is 288 g/mol. The van der Waals surface area contributed by atoms with Gasteiger partial charge >= 0.3 is 0 Å². The van der Waals surface area contributed by atoms with Crippen molar-refractivity contribution < 1.29 is 13.5 Å². The van der Waals surface area contributed by atoms with E-state index in [-0.39, 0.29) is 6.10 Å². The maximum absolute atomic E-state index is 14.4. The van der Waals surface area contributed by atoms with Gasteiger partial charge in [-0.15, -0.1) is 6.58 Å². The van der Waals surface area contributed by atoms with Crippen LogP contribution in [0.1, 0.15) is 36.5 Å². The Kier molecular flexibility index (Phi) is 3.00. The molecule has 0 aromatic heterocycles. The first kappa shape index (κ1) is 13.2. The van der Waals surface area contributed by atoms with Crippen molar-refractivity contribution in [3.05, 3.63) is 53.6 Å². The van der Waals surface area contributed by atoms with Gasteiger partial charge in [-0.3, -0.25) is 0 Å². The standard InChI is InChI=1S/C18H18F2O/c1-2-10-3-4-12-11(10)5-6-13(12)14-7-8-15(16-9-21-16)18(20)17(14)19/h2,6-8,10-12,16H,1,3-5,9H2. The summed E-state index contributed by atoms with van der Waals surface area (Å²) in [4.78, 5) is 0. The van der Waals surface area contributed by atoms with Crippen molar-refractivity contribution in [2.24, 2.45) is 17.8 Å². The maximum atomic E-state index is 14.4. The van der Waals surface area contributed by atoms with Crippen LogP contribution >= 0.6 is 0 Å². The Morgan fingerprint density at radius 2 is 2.00 bits per heavy atom. The van der Waals surface area contributed by atoms with Gasteiger partial charge in [0, 0.05) is 11.1 Å².